The Morgan fingerprint density at radius 2 is 2.14 bits per heavy atom. The van der Waals surface area contributed by atoms with E-state index in [1.165, 1.54) is 0 Å². The van der Waals surface area contributed by atoms with Crippen LogP contribution in [0.5, 0.6) is 0 Å². The van der Waals surface area contributed by atoms with Gasteiger partial charge < -0.3 is 16.0 Å². The molecule has 7 heteroatoms. The molecule has 0 bridgehead atoms. The van der Waals surface area contributed by atoms with Gasteiger partial charge in [-0.25, -0.2) is 4.79 Å². The first-order valence-corrected chi connectivity index (χ1v) is 8.11. The molecule has 4 amide bonds. The van der Waals surface area contributed by atoms with Gasteiger partial charge in [0.05, 0.1) is 0 Å². The van der Waals surface area contributed by atoms with Crippen molar-refractivity contribution in [3.05, 3.63) is 0 Å². The Balaban J connectivity index is 1.71. The number of nitrogens with two attached hydrogens (primary N) is 1. The topological polar surface area (TPSA) is 95.7 Å². The molecule has 3 aliphatic rings. The molecular formula is C15H24N4O3. The summed E-state index contributed by atoms with van der Waals surface area (Å²) in [5.74, 6) is -0.323. The van der Waals surface area contributed by atoms with Crippen molar-refractivity contribution < 1.29 is 14.4 Å². The molecule has 3 rings (SSSR count). The van der Waals surface area contributed by atoms with Crippen LogP contribution in [0, 0.1) is 5.92 Å². The van der Waals surface area contributed by atoms with Crippen LogP contribution in [-0.2, 0) is 9.59 Å². The molecule has 1 saturated carbocycles. The summed E-state index contributed by atoms with van der Waals surface area (Å²) in [5.41, 5.74) is 5.01. The summed E-state index contributed by atoms with van der Waals surface area (Å²) in [6.45, 7) is 2.93. The van der Waals surface area contributed by atoms with Crippen LogP contribution in [0.3, 0.4) is 0 Å². The van der Waals surface area contributed by atoms with E-state index >= 15 is 0 Å². The number of urea groups is 1. The molecule has 0 aromatic carbocycles. The van der Waals surface area contributed by atoms with E-state index in [-0.39, 0.29) is 30.3 Å². The highest BCUT2D eigenvalue weighted by Crippen LogP contribution is 2.38. The molecule has 22 heavy (non-hydrogen) atoms. The Kier molecular flexibility index (Phi) is 3.84. The number of rotatable bonds is 2. The normalized spacial score (nSPS) is 35.4. The highest BCUT2D eigenvalue weighted by atomic mass is 16.2. The molecule has 0 aromatic rings. The lowest BCUT2D eigenvalue weighted by Crippen LogP contribution is -2.54. The van der Waals surface area contributed by atoms with Crippen molar-refractivity contribution in [2.45, 2.75) is 50.6 Å². The Bertz CT molecular complexity index is 509. The number of carbonyl (C=O) groups excluding carboxylic acids is 3. The molecule has 1 spiro atoms. The summed E-state index contributed by atoms with van der Waals surface area (Å²) < 4.78 is 0. The standard InChI is InChI=1S/C15H24N4O3/c1-10-4-2-3-6-15(10)13(21)19(14(22)17-15)9-12(20)18-7-5-11(16)8-18/h10-11H,2-9,16H2,1H3,(H,17,22)/t10?,11-,15?/m1/s1. The third kappa shape index (κ3) is 2.37. The van der Waals surface area contributed by atoms with Crippen molar-refractivity contribution in [1.29, 1.82) is 0 Å². The number of nitrogens with zero attached hydrogens (tertiary/aromatic N) is 2. The van der Waals surface area contributed by atoms with Crippen LogP contribution in [0.4, 0.5) is 4.79 Å². The average Bonchev–Trinajstić information content (AvgIpc) is 3.01. The summed E-state index contributed by atoms with van der Waals surface area (Å²) in [6.07, 6.45) is 4.37. The zero-order valence-corrected chi connectivity index (χ0v) is 13.0. The Labute approximate surface area is 130 Å². The van der Waals surface area contributed by atoms with Crippen LogP contribution in [0.15, 0.2) is 0 Å². The predicted molar refractivity (Wildman–Crippen MR) is 79.8 cm³/mol. The second kappa shape index (κ2) is 5.53. The van der Waals surface area contributed by atoms with Crippen molar-refractivity contribution >= 4 is 17.8 Å². The summed E-state index contributed by atoms with van der Waals surface area (Å²) >= 11 is 0. The smallest absolute Gasteiger partial charge is 0.325 e. The molecule has 1 aliphatic carbocycles. The van der Waals surface area contributed by atoms with Gasteiger partial charge in [-0.3, -0.25) is 14.5 Å². The zero-order chi connectivity index (χ0) is 15.9. The first-order valence-electron chi connectivity index (χ1n) is 8.11. The number of amides is 4. The van der Waals surface area contributed by atoms with Gasteiger partial charge in [0, 0.05) is 19.1 Å². The average molecular weight is 308 g/mol. The van der Waals surface area contributed by atoms with Gasteiger partial charge in [-0.05, 0) is 25.2 Å². The summed E-state index contributed by atoms with van der Waals surface area (Å²) in [4.78, 5) is 40.0. The minimum absolute atomic E-state index is 0.00300. The molecule has 3 N–H and O–H groups in total. The molecular weight excluding hydrogens is 284 g/mol. The molecule has 2 aliphatic heterocycles. The SMILES string of the molecule is CC1CCCCC12NC(=O)N(CC(=O)N1CC[C@@H](N)C1)C2=O. The molecule has 2 heterocycles. The minimum Gasteiger partial charge on any atom is -0.340 e. The van der Waals surface area contributed by atoms with E-state index in [0.29, 0.717) is 19.5 Å². The van der Waals surface area contributed by atoms with Gasteiger partial charge >= 0.3 is 6.03 Å². The van der Waals surface area contributed by atoms with Crippen molar-refractivity contribution in [2.75, 3.05) is 19.6 Å². The maximum absolute atomic E-state index is 12.8. The quantitative estimate of drug-likeness (QED) is 0.704. The van der Waals surface area contributed by atoms with E-state index < -0.39 is 11.6 Å². The van der Waals surface area contributed by atoms with Gasteiger partial charge in [0.15, 0.2) is 0 Å². The second-order valence-electron chi connectivity index (χ2n) is 6.83. The van der Waals surface area contributed by atoms with Gasteiger partial charge in [0.25, 0.3) is 5.91 Å². The fourth-order valence-electron chi connectivity index (χ4n) is 3.89. The highest BCUT2D eigenvalue weighted by molar-refractivity contribution is 6.09. The van der Waals surface area contributed by atoms with Gasteiger partial charge in [0.2, 0.25) is 5.91 Å². The van der Waals surface area contributed by atoms with E-state index in [4.69, 9.17) is 5.73 Å². The van der Waals surface area contributed by atoms with Crippen LogP contribution >= 0.6 is 0 Å². The fourth-order valence-corrected chi connectivity index (χ4v) is 3.89. The minimum atomic E-state index is -0.795. The van der Waals surface area contributed by atoms with E-state index in [2.05, 4.69) is 5.32 Å². The lowest BCUT2D eigenvalue weighted by molar-refractivity contribution is -0.140. The van der Waals surface area contributed by atoms with Crippen LogP contribution in [-0.4, -0.2) is 58.9 Å². The largest absolute Gasteiger partial charge is 0.340 e. The monoisotopic (exact) mass is 308 g/mol. The third-order valence-electron chi connectivity index (χ3n) is 5.37. The molecule has 3 fully saturated rings. The Morgan fingerprint density at radius 3 is 2.77 bits per heavy atom. The number of nitrogens with one attached hydrogen (secondary N) is 1. The summed E-state index contributed by atoms with van der Waals surface area (Å²) in [5, 5.41) is 2.87. The van der Waals surface area contributed by atoms with Crippen molar-refractivity contribution in [1.82, 2.24) is 15.1 Å². The molecule has 7 nitrogen and oxygen atoms in total. The lowest BCUT2D eigenvalue weighted by Gasteiger charge is -2.36. The fraction of sp³-hybridized carbons (Fsp3) is 0.800. The third-order valence-corrected chi connectivity index (χ3v) is 5.37. The lowest BCUT2D eigenvalue weighted by atomic mass is 9.73. The van der Waals surface area contributed by atoms with Crippen LogP contribution in [0.1, 0.15) is 39.0 Å². The Hall–Kier alpha value is -1.63. The molecule has 0 radical (unpaired) electrons. The second-order valence-corrected chi connectivity index (χ2v) is 6.83. The van der Waals surface area contributed by atoms with Crippen LogP contribution in [0.25, 0.3) is 0 Å². The first-order chi connectivity index (χ1) is 10.4. The summed E-state index contributed by atoms with van der Waals surface area (Å²) in [7, 11) is 0. The zero-order valence-electron chi connectivity index (χ0n) is 13.0. The molecule has 0 aromatic heterocycles. The van der Waals surface area contributed by atoms with Crippen molar-refractivity contribution in [3.63, 3.8) is 0 Å². The predicted octanol–water partition coefficient (Wildman–Crippen LogP) is 0.0467. The summed E-state index contributed by atoms with van der Waals surface area (Å²) in [6, 6.07) is -0.438. The highest BCUT2D eigenvalue weighted by Gasteiger charge is 2.55. The van der Waals surface area contributed by atoms with Gasteiger partial charge in [0.1, 0.15) is 12.1 Å². The van der Waals surface area contributed by atoms with Crippen LogP contribution < -0.4 is 11.1 Å². The Morgan fingerprint density at radius 1 is 1.36 bits per heavy atom. The van der Waals surface area contributed by atoms with E-state index in [1.54, 1.807) is 4.90 Å². The van der Waals surface area contributed by atoms with Gasteiger partial charge in [-0.15, -0.1) is 0 Å². The number of hydrogen-bond acceptors (Lipinski definition) is 4. The molecule has 122 valence electrons. The van der Waals surface area contributed by atoms with Crippen molar-refractivity contribution in [2.24, 2.45) is 11.7 Å². The first kappa shape index (κ1) is 15.3. The van der Waals surface area contributed by atoms with E-state index in [1.807, 2.05) is 6.92 Å². The number of imide groups is 1. The number of hydrogen-bond donors (Lipinski definition) is 2. The molecule has 3 atom stereocenters. The van der Waals surface area contributed by atoms with Crippen LogP contribution in [0.2, 0.25) is 0 Å². The van der Waals surface area contributed by atoms with Crippen molar-refractivity contribution in [3.8, 4) is 0 Å². The van der Waals surface area contributed by atoms with E-state index in [9.17, 15) is 14.4 Å². The van der Waals surface area contributed by atoms with Gasteiger partial charge in [-0.2, -0.15) is 0 Å². The maximum atomic E-state index is 12.8. The molecule has 2 unspecified atom stereocenters. The number of carbonyl (C=O) groups is 3. The van der Waals surface area contributed by atoms with Gasteiger partial charge in [-0.1, -0.05) is 19.8 Å². The molecule has 2 saturated heterocycles. The number of likely N-dealkylation sites (tertiary alicyclic amines) is 1. The van der Waals surface area contributed by atoms with E-state index in [0.717, 1.165) is 30.6 Å². The maximum Gasteiger partial charge on any atom is 0.325 e.